The lowest BCUT2D eigenvalue weighted by atomic mass is 10.1. The van der Waals surface area contributed by atoms with Crippen LogP contribution in [0.3, 0.4) is 0 Å². The molecule has 1 N–H and O–H groups in total. The van der Waals surface area contributed by atoms with Crippen molar-refractivity contribution in [1.82, 2.24) is 5.32 Å². The molecule has 1 aliphatic heterocycles. The van der Waals surface area contributed by atoms with E-state index < -0.39 is 12.6 Å². The maximum Gasteiger partial charge on any atom is 0.389 e. The van der Waals surface area contributed by atoms with E-state index in [0.717, 1.165) is 5.56 Å². The summed E-state index contributed by atoms with van der Waals surface area (Å²) in [5.41, 5.74) is 0.823. The van der Waals surface area contributed by atoms with Crippen molar-refractivity contribution in [3.05, 3.63) is 17.7 Å². The van der Waals surface area contributed by atoms with E-state index in [-0.39, 0.29) is 19.8 Å². The number of halogens is 3. The van der Waals surface area contributed by atoms with E-state index in [2.05, 4.69) is 5.32 Å². The predicted molar refractivity (Wildman–Crippen MR) is 66.1 cm³/mol. The number of rotatable bonds is 6. The molecule has 0 spiro atoms. The third-order valence-electron chi connectivity index (χ3n) is 2.79. The van der Waals surface area contributed by atoms with Crippen LogP contribution in [0.2, 0.25) is 0 Å². The lowest BCUT2D eigenvalue weighted by Crippen LogP contribution is -2.11. The van der Waals surface area contributed by atoms with Crippen LogP contribution in [0.5, 0.6) is 17.2 Å². The Bertz CT molecular complexity index is 463. The largest absolute Gasteiger partial charge is 0.493 e. The summed E-state index contributed by atoms with van der Waals surface area (Å²) in [7, 11) is 1.78. The molecule has 7 heteroatoms. The summed E-state index contributed by atoms with van der Waals surface area (Å²) in [5.74, 6) is 1.69. The highest BCUT2D eigenvalue weighted by molar-refractivity contribution is 5.51. The van der Waals surface area contributed by atoms with E-state index in [1.165, 1.54) is 0 Å². The first-order valence-corrected chi connectivity index (χ1v) is 6.26. The highest BCUT2D eigenvalue weighted by Gasteiger charge is 2.26. The maximum absolute atomic E-state index is 12.1. The second kappa shape index (κ2) is 6.21. The van der Waals surface area contributed by atoms with Crippen LogP contribution in [0.25, 0.3) is 0 Å². The molecule has 112 valence electrons. The van der Waals surface area contributed by atoms with Crippen LogP contribution < -0.4 is 19.5 Å². The Morgan fingerprint density at radius 3 is 2.60 bits per heavy atom. The number of alkyl halides is 3. The van der Waals surface area contributed by atoms with Crippen molar-refractivity contribution in [3.63, 3.8) is 0 Å². The SMILES string of the molecule is CNCc1cc2c(cc1OCCCC(F)(F)F)OCO2. The van der Waals surface area contributed by atoms with E-state index in [9.17, 15) is 13.2 Å². The number of fused-ring (bicyclic) bond motifs is 1. The number of hydrogen-bond acceptors (Lipinski definition) is 4. The van der Waals surface area contributed by atoms with Gasteiger partial charge in [-0.05, 0) is 19.5 Å². The van der Waals surface area contributed by atoms with Crippen molar-refractivity contribution >= 4 is 0 Å². The standard InChI is InChI=1S/C13H16F3NO3/c1-17-7-9-5-11-12(20-8-19-11)6-10(9)18-4-2-3-13(14,15)16/h5-6,17H,2-4,7-8H2,1H3. The van der Waals surface area contributed by atoms with Gasteiger partial charge in [0, 0.05) is 24.6 Å². The summed E-state index contributed by atoms with van der Waals surface area (Å²) in [6.07, 6.45) is -5.07. The van der Waals surface area contributed by atoms with Crippen LogP contribution in [0.15, 0.2) is 12.1 Å². The van der Waals surface area contributed by atoms with Gasteiger partial charge in [0.15, 0.2) is 11.5 Å². The summed E-state index contributed by atoms with van der Waals surface area (Å²) < 4.78 is 52.1. The summed E-state index contributed by atoms with van der Waals surface area (Å²) >= 11 is 0. The molecule has 20 heavy (non-hydrogen) atoms. The fourth-order valence-corrected chi connectivity index (χ4v) is 1.88. The maximum atomic E-state index is 12.1. The minimum absolute atomic E-state index is 0.00979. The van der Waals surface area contributed by atoms with E-state index in [0.29, 0.717) is 23.8 Å². The molecule has 0 amide bonds. The van der Waals surface area contributed by atoms with Gasteiger partial charge in [-0.15, -0.1) is 0 Å². The zero-order chi connectivity index (χ0) is 14.6. The number of benzene rings is 1. The summed E-state index contributed by atoms with van der Waals surface area (Å²) in [4.78, 5) is 0. The number of nitrogens with one attached hydrogen (secondary N) is 1. The van der Waals surface area contributed by atoms with Crippen LogP contribution in [-0.2, 0) is 6.54 Å². The minimum Gasteiger partial charge on any atom is -0.493 e. The van der Waals surface area contributed by atoms with Gasteiger partial charge < -0.3 is 19.5 Å². The molecule has 0 aromatic heterocycles. The first kappa shape index (κ1) is 14.8. The average molecular weight is 291 g/mol. The molecule has 1 heterocycles. The summed E-state index contributed by atoms with van der Waals surface area (Å²) in [6, 6.07) is 3.43. The fraction of sp³-hybridized carbons (Fsp3) is 0.538. The summed E-state index contributed by atoms with van der Waals surface area (Å²) in [6.45, 7) is 0.687. The molecule has 2 rings (SSSR count). The molecule has 1 aromatic rings. The molecule has 0 saturated carbocycles. The molecule has 0 fully saturated rings. The molecule has 0 unspecified atom stereocenters. The first-order valence-electron chi connectivity index (χ1n) is 6.26. The van der Waals surface area contributed by atoms with E-state index in [1.807, 2.05) is 0 Å². The van der Waals surface area contributed by atoms with Crippen LogP contribution in [0.1, 0.15) is 18.4 Å². The molecular weight excluding hydrogens is 275 g/mol. The Kier molecular flexibility index (Phi) is 4.59. The molecule has 0 aliphatic carbocycles. The van der Waals surface area contributed by atoms with E-state index in [1.54, 1.807) is 19.2 Å². The van der Waals surface area contributed by atoms with Gasteiger partial charge in [-0.3, -0.25) is 0 Å². The van der Waals surface area contributed by atoms with Gasteiger partial charge in [-0.2, -0.15) is 13.2 Å². The van der Waals surface area contributed by atoms with E-state index in [4.69, 9.17) is 14.2 Å². The zero-order valence-corrected chi connectivity index (χ0v) is 11.0. The van der Waals surface area contributed by atoms with Crippen molar-refractivity contribution in [2.75, 3.05) is 20.4 Å². The van der Waals surface area contributed by atoms with Gasteiger partial charge in [0.2, 0.25) is 6.79 Å². The molecule has 0 saturated heterocycles. The second-order valence-corrected chi connectivity index (χ2v) is 4.41. The summed E-state index contributed by atoms with van der Waals surface area (Å²) in [5, 5.41) is 2.97. The van der Waals surface area contributed by atoms with Crippen LogP contribution in [-0.4, -0.2) is 26.6 Å². The van der Waals surface area contributed by atoms with Gasteiger partial charge in [-0.1, -0.05) is 0 Å². The van der Waals surface area contributed by atoms with Gasteiger partial charge in [0.05, 0.1) is 6.61 Å². The molecule has 1 aliphatic rings. The lowest BCUT2D eigenvalue weighted by molar-refractivity contribution is -0.136. The van der Waals surface area contributed by atoms with Crippen LogP contribution in [0, 0.1) is 0 Å². The molecular formula is C13H16F3NO3. The van der Waals surface area contributed by atoms with Gasteiger partial charge in [-0.25, -0.2) is 0 Å². The van der Waals surface area contributed by atoms with Crippen molar-refractivity contribution in [1.29, 1.82) is 0 Å². The highest BCUT2D eigenvalue weighted by Crippen LogP contribution is 2.38. The van der Waals surface area contributed by atoms with Crippen LogP contribution >= 0.6 is 0 Å². The molecule has 4 nitrogen and oxygen atoms in total. The van der Waals surface area contributed by atoms with Crippen molar-refractivity contribution in [2.45, 2.75) is 25.6 Å². The van der Waals surface area contributed by atoms with Crippen molar-refractivity contribution < 1.29 is 27.4 Å². The molecule has 0 radical (unpaired) electrons. The Balaban J connectivity index is 1.99. The quantitative estimate of drug-likeness (QED) is 0.818. The molecule has 0 bridgehead atoms. The van der Waals surface area contributed by atoms with Gasteiger partial charge in [0.25, 0.3) is 0 Å². The van der Waals surface area contributed by atoms with E-state index >= 15 is 0 Å². The molecule has 0 atom stereocenters. The Morgan fingerprint density at radius 1 is 1.25 bits per heavy atom. The smallest absolute Gasteiger partial charge is 0.389 e. The monoisotopic (exact) mass is 291 g/mol. The van der Waals surface area contributed by atoms with Crippen LogP contribution in [0.4, 0.5) is 13.2 Å². The Hall–Kier alpha value is -1.63. The predicted octanol–water partition coefficient (Wildman–Crippen LogP) is 2.86. The zero-order valence-electron chi connectivity index (χ0n) is 11.0. The topological polar surface area (TPSA) is 39.7 Å². The van der Waals surface area contributed by atoms with Gasteiger partial charge in [0.1, 0.15) is 5.75 Å². The Morgan fingerprint density at radius 2 is 1.95 bits per heavy atom. The normalized spacial score (nSPS) is 13.6. The van der Waals surface area contributed by atoms with Gasteiger partial charge >= 0.3 is 6.18 Å². The molecule has 1 aromatic carbocycles. The fourth-order valence-electron chi connectivity index (χ4n) is 1.88. The second-order valence-electron chi connectivity index (χ2n) is 4.41. The third-order valence-corrected chi connectivity index (χ3v) is 2.79. The number of ether oxygens (including phenoxy) is 3. The average Bonchev–Trinajstić information content (AvgIpc) is 2.81. The van der Waals surface area contributed by atoms with Crippen molar-refractivity contribution in [3.8, 4) is 17.2 Å². The third kappa shape index (κ3) is 3.93. The number of hydrogen-bond donors (Lipinski definition) is 1. The highest BCUT2D eigenvalue weighted by atomic mass is 19.4. The first-order chi connectivity index (χ1) is 9.49. The lowest BCUT2D eigenvalue weighted by Gasteiger charge is -2.13. The Labute approximate surface area is 114 Å². The minimum atomic E-state index is -4.15. The van der Waals surface area contributed by atoms with Crippen molar-refractivity contribution in [2.24, 2.45) is 0 Å².